The van der Waals surface area contributed by atoms with Gasteiger partial charge in [-0.2, -0.15) is 4.98 Å². The molecule has 6 rings (SSSR count). The fourth-order valence-electron chi connectivity index (χ4n) is 4.34. The van der Waals surface area contributed by atoms with Crippen molar-refractivity contribution in [3.63, 3.8) is 0 Å². The SMILES string of the molecule is CCOc1nc(N2CCNCC2)nc2c1sc1nc(-c3ccc(Oc4ccccc4)cc3)nc(C)c12. The highest BCUT2D eigenvalue weighted by Gasteiger charge is 2.22. The summed E-state index contributed by atoms with van der Waals surface area (Å²) in [6.07, 6.45) is 0. The number of benzene rings is 2. The quantitative estimate of drug-likeness (QED) is 0.342. The molecule has 4 heterocycles. The van der Waals surface area contributed by atoms with E-state index in [0.717, 1.165) is 69.4 Å². The first-order chi connectivity index (χ1) is 17.7. The highest BCUT2D eigenvalue weighted by atomic mass is 32.1. The lowest BCUT2D eigenvalue weighted by Gasteiger charge is -2.27. The fourth-order valence-corrected chi connectivity index (χ4v) is 5.44. The van der Waals surface area contributed by atoms with E-state index in [0.29, 0.717) is 24.3 Å². The standard InChI is InChI=1S/C27H26N6O2S/c1-3-34-25-23-22(30-27(32-25)33-15-13-28-14-16-33)21-17(2)29-24(31-26(21)36-23)18-9-11-20(12-10-18)35-19-7-5-4-6-8-19/h4-12,28H,3,13-16H2,1-2H3. The molecule has 0 atom stereocenters. The Morgan fingerprint density at radius 2 is 1.67 bits per heavy atom. The van der Waals surface area contributed by atoms with Gasteiger partial charge in [0.15, 0.2) is 5.82 Å². The van der Waals surface area contributed by atoms with Gasteiger partial charge in [0, 0.05) is 31.7 Å². The van der Waals surface area contributed by atoms with Gasteiger partial charge in [0.25, 0.3) is 0 Å². The van der Waals surface area contributed by atoms with Crippen molar-refractivity contribution < 1.29 is 9.47 Å². The number of rotatable bonds is 6. The Kier molecular flexibility index (Phi) is 6.08. The summed E-state index contributed by atoms with van der Waals surface area (Å²) in [6.45, 7) is 8.08. The summed E-state index contributed by atoms with van der Waals surface area (Å²) in [5.74, 6) is 3.55. The van der Waals surface area contributed by atoms with E-state index in [2.05, 4.69) is 10.2 Å². The summed E-state index contributed by atoms with van der Waals surface area (Å²) in [7, 11) is 0. The lowest BCUT2D eigenvalue weighted by molar-refractivity contribution is 0.331. The second-order valence-electron chi connectivity index (χ2n) is 8.53. The summed E-state index contributed by atoms with van der Waals surface area (Å²) in [5, 5.41) is 4.34. The van der Waals surface area contributed by atoms with Gasteiger partial charge in [-0.3, -0.25) is 0 Å². The summed E-state index contributed by atoms with van der Waals surface area (Å²) < 4.78 is 12.8. The Balaban J connectivity index is 1.39. The van der Waals surface area contributed by atoms with Crippen LogP contribution < -0.4 is 19.7 Å². The lowest BCUT2D eigenvalue weighted by atomic mass is 10.2. The molecule has 0 bridgehead atoms. The molecule has 0 spiro atoms. The van der Waals surface area contributed by atoms with E-state index in [1.165, 1.54) is 0 Å². The first-order valence-electron chi connectivity index (χ1n) is 12.1. The molecule has 1 fully saturated rings. The van der Waals surface area contributed by atoms with E-state index in [9.17, 15) is 0 Å². The van der Waals surface area contributed by atoms with Gasteiger partial charge in [-0.15, -0.1) is 11.3 Å². The van der Waals surface area contributed by atoms with Crippen molar-refractivity contribution in [2.75, 3.05) is 37.7 Å². The number of fused-ring (bicyclic) bond motifs is 3. The van der Waals surface area contributed by atoms with Crippen LogP contribution in [0.5, 0.6) is 17.4 Å². The number of ether oxygens (including phenoxy) is 2. The van der Waals surface area contributed by atoms with Crippen molar-refractivity contribution in [3.05, 3.63) is 60.3 Å². The Morgan fingerprint density at radius 1 is 0.917 bits per heavy atom. The van der Waals surface area contributed by atoms with Gasteiger partial charge in [-0.05, 0) is 50.2 Å². The van der Waals surface area contributed by atoms with Crippen LogP contribution in [-0.2, 0) is 0 Å². The van der Waals surface area contributed by atoms with Crippen molar-refractivity contribution in [3.8, 4) is 28.8 Å². The van der Waals surface area contributed by atoms with Crippen LogP contribution >= 0.6 is 11.3 Å². The number of aryl methyl sites for hydroxylation is 1. The van der Waals surface area contributed by atoms with Gasteiger partial charge in [0.05, 0.1) is 17.7 Å². The molecule has 5 aromatic rings. The van der Waals surface area contributed by atoms with Crippen LogP contribution in [0, 0.1) is 6.92 Å². The Hall–Kier alpha value is -3.82. The van der Waals surface area contributed by atoms with Crippen molar-refractivity contribution in [2.24, 2.45) is 0 Å². The molecule has 0 amide bonds. The average molecular weight is 499 g/mol. The maximum Gasteiger partial charge on any atom is 0.236 e. The zero-order valence-corrected chi connectivity index (χ0v) is 21.0. The molecular formula is C27H26N6O2S. The number of anilines is 1. The minimum atomic E-state index is 0.536. The summed E-state index contributed by atoms with van der Waals surface area (Å²) in [5.41, 5.74) is 2.67. The monoisotopic (exact) mass is 498 g/mol. The second kappa shape index (κ2) is 9.67. The molecule has 1 aliphatic heterocycles. The molecule has 1 aliphatic rings. The molecule has 1 saturated heterocycles. The maximum atomic E-state index is 5.95. The van der Waals surface area contributed by atoms with Gasteiger partial charge in [-0.1, -0.05) is 18.2 Å². The first-order valence-corrected chi connectivity index (χ1v) is 12.9. The molecule has 182 valence electrons. The topological polar surface area (TPSA) is 85.3 Å². The predicted octanol–water partition coefficient (Wildman–Crippen LogP) is 5.21. The minimum absolute atomic E-state index is 0.536. The van der Waals surface area contributed by atoms with Gasteiger partial charge in [0.2, 0.25) is 11.8 Å². The molecule has 2 aromatic carbocycles. The van der Waals surface area contributed by atoms with Gasteiger partial charge >= 0.3 is 0 Å². The van der Waals surface area contributed by atoms with Crippen molar-refractivity contribution in [1.29, 1.82) is 0 Å². The summed E-state index contributed by atoms with van der Waals surface area (Å²) >= 11 is 1.55. The molecule has 0 unspecified atom stereocenters. The molecule has 9 heteroatoms. The normalized spacial score (nSPS) is 13.9. The van der Waals surface area contributed by atoms with Gasteiger partial charge < -0.3 is 19.7 Å². The van der Waals surface area contributed by atoms with Crippen LogP contribution in [0.2, 0.25) is 0 Å². The minimum Gasteiger partial charge on any atom is -0.477 e. The van der Waals surface area contributed by atoms with Gasteiger partial charge in [0.1, 0.15) is 26.5 Å². The Morgan fingerprint density at radius 3 is 2.42 bits per heavy atom. The van der Waals surface area contributed by atoms with Crippen LogP contribution in [0.1, 0.15) is 12.6 Å². The molecule has 3 aromatic heterocycles. The third-order valence-corrected chi connectivity index (χ3v) is 7.15. The molecule has 1 N–H and O–H groups in total. The Bertz CT molecular complexity index is 1520. The molecule has 36 heavy (non-hydrogen) atoms. The van der Waals surface area contributed by atoms with Crippen molar-refractivity contribution in [2.45, 2.75) is 13.8 Å². The third kappa shape index (κ3) is 4.31. The van der Waals surface area contributed by atoms with Crippen molar-refractivity contribution in [1.82, 2.24) is 25.3 Å². The van der Waals surface area contributed by atoms with E-state index in [1.807, 2.05) is 68.4 Å². The summed E-state index contributed by atoms with van der Waals surface area (Å²) in [4.78, 5) is 22.6. The number of thiophene rings is 1. The molecular weight excluding hydrogens is 472 g/mol. The smallest absolute Gasteiger partial charge is 0.236 e. The number of hydrogen-bond donors (Lipinski definition) is 1. The lowest BCUT2D eigenvalue weighted by Crippen LogP contribution is -2.44. The molecule has 8 nitrogen and oxygen atoms in total. The molecule has 0 radical (unpaired) electrons. The van der Waals surface area contributed by atoms with E-state index >= 15 is 0 Å². The van der Waals surface area contributed by atoms with Gasteiger partial charge in [-0.25, -0.2) is 15.0 Å². The zero-order chi connectivity index (χ0) is 24.5. The largest absolute Gasteiger partial charge is 0.477 e. The number of para-hydroxylation sites is 1. The van der Waals surface area contributed by atoms with Crippen LogP contribution in [0.15, 0.2) is 54.6 Å². The summed E-state index contributed by atoms with van der Waals surface area (Å²) in [6, 6.07) is 17.6. The number of hydrogen-bond acceptors (Lipinski definition) is 9. The Labute approximate surface area is 213 Å². The fraction of sp³-hybridized carbons (Fsp3) is 0.259. The third-order valence-electron chi connectivity index (χ3n) is 6.09. The average Bonchev–Trinajstić information content (AvgIpc) is 3.30. The van der Waals surface area contributed by atoms with E-state index in [-0.39, 0.29) is 0 Å². The van der Waals surface area contributed by atoms with Crippen LogP contribution in [0.25, 0.3) is 31.8 Å². The van der Waals surface area contributed by atoms with E-state index in [1.54, 1.807) is 11.3 Å². The highest BCUT2D eigenvalue weighted by molar-refractivity contribution is 7.25. The second-order valence-corrected chi connectivity index (χ2v) is 9.53. The predicted molar refractivity (Wildman–Crippen MR) is 143 cm³/mol. The first kappa shape index (κ1) is 22.6. The van der Waals surface area contributed by atoms with Crippen LogP contribution in [0.4, 0.5) is 5.95 Å². The highest BCUT2D eigenvalue weighted by Crippen LogP contribution is 2.39. The van der Waals surface area contributed by atoms with Crippen LogP contribution in [-0.4, -0.2) is 52.7 Å². The number of piperazine rings is 1. The molecule has 0 aliphatic carbocycles. The maximum absolute atomic E-state index is 5.95. The number of nitrogens with one attached hydrogen (secondary N) is 1. The number of nitrogens with zero attached hydrogens (tertiary/aromatic N) is 5. The van der Waals surface area contributed by atoms with E-state index in [4.69, 9.17) is 29.4 Å². The number of aromatic nitrogens is 4. The van der Waals surface area contributed by atoms with Crippen molar-refractivity contribution >= 4 is 37.7 Å². The zero-order valence-electron chi connectivity index (χ0n) is 20.2. The van der Waals surface area contributed by atoms with Crippen LogP contribution in [0.3, 0.4) is 0 Å². The van der Waals surface area contributed by atoms with E-state index < -0.39 is 0 Å². The molecule has 0 saturated carbocycles.